The number of aromatic nitrogens is 1. The van der Waals surface area contributed by atoms with Gasteiger partial charge in [0.15, 0.2) is 0 Å². The van der Waals surface area contributed by atoms with Gasteiger partial charge in [0.1, 0.15) is 0 Å². The number of carboxylic acid groups (broad SMARTS) is 1. The van der Waals surface area contributed by atoms with E-state index < -0.39 is 5.97 Å². The minimum atomic E-state index is -1.04. The third-order valence-corrected chi connectivity index (χ3v) is 2.56. The van der Waals surface area contributed by atoms with Gasteiger partial charge >= 0.3 is 5.97 Å². The van der Waals surface area contributed by atoms with E-state index in [0.717, 1.165) is 5.56 Å². The Labute approximate surface area is 109 Å². The summed E-state index contributed by atoms with van der Waals surface area (Å²) in [5, 5.41) is 9.36. The van der Waals surface area contributed by atoms with Gasteiger partial charge < -0.3 is 5.11 Å². The molecule has 3 nitrogen and oxygen atoms in total. The van der Waals surface area contributed by atoms with Gasteiger partial charge in [-0.3, -0.25) is 4.98 Å². The highest BCUT2D eigenvalue weighted by Crippen LogP contribution is 2.16. The van der Waals surface area contributed by atoms with E-state index in [0.29, 0.717) is 10.7 Å². The number of aromatic carboxylic acids is 1. The molecule has 0 saturated heterocycles. The Morgan fingerprint density at radius 1 is 1.22 bits per heavy atom. The number of nitrogens with zero attached hydrogens (tertiary/aromatic N) is 1. The van der Waals surface area contributed by atoms with Gasteiger partial charge in [-0.1, -0.05) is 48.0 Å². The Morgan fingerprint density at radius 2 is 1.94 bits per heavy atom. The first-order valence-corrected chi connectivity index (χ1v) is 5.66. The summed E-state index contributed by atoms with van der Waals surface area (Å²) in [5.41, 5.74) is 1.45. The number of hydrogen-bond acceptors (Lipinski definition) is 2. The zero-order valence-corrected chi connectivity index (χ0v) is 10.1. The minimum Gasteiger partial charge on any atom is -0.478 e. The Bertz CT molecular complexity index is 594. The van der Waals surface area contributed by atoms with E-state index in [2.05, 4.69) is 4.98 Å². The maximum absolute atomic E-state index is 11.1. The number of pyridine rings is 1. The van der Waals surface area contributed by atoms with Crippen LogP contribution in [0.25, 0.3) is 12.2 Å². The van der Waals surface area contributed by atoms with Crippen LogP contribution in [0.2, 0.25) is 5.02 Å². The quantitative estimate of drug-likeness (QED) is 0.916. The lowest BCUT2D eigenvalue weighted by molar-refractivity contribution is 0.0696. The molecule has 0 saturated carbocycles. The Hall–Kier alpha value is -2.13. The molecule has 1 heterocycles. The second-order valence-corrected chi connectivity index (χ2v) is 4.07. The van der Waals surface area contributed by atoms with E-state index in [-0.39, 0.29) is 5.56 Å². The van der Waals surface area contributed by atoms with E-state index in [4.69, 9.17) is 16.7 Å². The molecule has 4 heteroatoms. The summed E-state index contributed by atoms with van der Waals surface area (Å²) in [4.78, 5) is 15.1. The van der Waals surface area contributed by atoms with Crippen molar-refractivity contribution in [3.63, 3.8) is 0 Å². The zero-order valence-electron chi connectivity index (χ0n) is 9.38. The zero-order chi connectivity index (χ0) is 13.0. The molecule has 1 N–H and O–H groups in total. The van der Waals surface area contributed by atoms with E-state index in [1.54, 1.807) is 6.08 Å². The highest BCUT2D eigenvalue weighted by Gasteiger charge is 2.09. The predicted octanol–water partition coefficient (Wildman–Crippen LogP) is 3.60. The van der Waals surface area contributed by atoms with Crippen molar-refractivity contribution in [2.45, 2.75) is 0 Å². The summed E-state index contributed by atoms with van der Waals surface area (Å²) in [6, 6.07) is 11.0. The largest absolute Gasteiger partial charge is 0.478 e. The maximum Gasteiger partial charge on any atom is 0.337 e. The maximum atomic E-state index is 11.1. The topological polar surface area (TPSA) is 50.2 Å². The van der Waals surface area contributed by atoms with E-state index in [1.165, 1.54) is 12.3 Å². The van der Waals surface area contributed by atoms with Gasteiger partial charge in [-0.15, -0.1) is 0 Å². The van der Waals surface area contributed by atoms with Gasteiger partial charge in [0.05, 0.1) is 16.3 Å². The van der Waals surface area contributed by atoms with Crippen LogP contribution in [0.4, 0.5) is 0 Å². The molecule has 2 aromatic rings. The molecule has 1 aromatic heterocycles. The average molecular weight is 260 g/mol. The molecule has 0 spiro atoms. The van der Waals surface area contributed by atoms with Gasteiger partial charge in [-0.25, -0.2) is 4.79 Å². The second-order valence-electron chi connectivity index (χ2n) is 3.64. The molecular formula is C14H10ClNO2. The lowest BCUT2D eigenvalue weighted by atomic mass is 10.1. The summed E-state index contributed by atoms with van der Waals surface area (Å²) in [6.45, 7) is 0. The van der Waals surface area contributed by atoms with Crippen molar-refractivity contribution in [1.29, 1.82) is 0 Å². The van der Waals surface area contributed by atoms with Crippen LogP contribution in [0.15, 0.2) is 42.6 Å². The highest BCUT2D eigenvalue weighted by molar-refractivity contribution is 6.30. The van der Waals surface area contributed by atoms with Crippen LogP contribution in [0.3, 0.4) is 0 Å². The molecule has 0 amide bonds. The van der Waals surface area contributed by atoms with Crippen molar-refractivity contribution in [2.24, 2.45) is 0 Å². The predicted molar refractivity (Wildman–Crippen MR) is 71.6 cm³/mol. The van der Waals surface area contributed by atoms with Gasteiger partial charge in [0.2, 0.25) is 0 Å². The fraction of sp³-hybridized carbons (Fsp3) is 0. The number of halogens is 1. The number of carboxylic acids is 1. The normalized spacial score (nSPS) is 10.7. The summed E-state index contributed by atoms with van der Waals surface area (Å²) in [6.07, 6.45) is 4.90. The molecule has 0 aliphatic heterocycles. The van der Waals surface area contributed by atoms with Crippen molar-refractivity contribution in [3.8, 4) is 0 Å². The fourth-order valence-electron chi connectivity index (χ4n) is 1.49. The fourth-order valence-corrected chi connectivity index (χ4v) is 1.65. The molecule has 0 aliphatic rings. The summed E-state index contributed by atoms with van der Waals surface area (Å²) in [5.74, 6) is -1.04. The van der Waals surface area contributed by atoms with Crippen LogP contribution in [0.1, 0.15) is 21.6 Å². The highest BCUT2D eigenvalue weighted by atomic mass is 35.5. The SMILES string of the molecule is O=C(O)c1cc(Cl)cnc1C=Cc1ccccc1. The molecule has 18 heavy (non-hydrogen) atoms. The molecule has 0 atom stereocenters. The van der Waals surface area contributed by atoms with Crippen molar-refractivity contribution in [1.82, 2.24) is 4.98 Å². The van der Waals surface area contributed by atoms with Crippen LogP contribution < -0.4 is 0 Å². The van der Waals surface area contributed by atoms with E-state index in [9.17, 15) is 4.79 Å². The van der Waals surface area contributed by atoms with Crippen LogP contribution in [-0.2, 0) is 0 Å². The van der Waals surface area contributed by atoms with Gasteiger partial charge in [0, 0.05) is 6.20 Å². The van der Waals surface area contributed by atoms with Gasteiger partial charge in [-0.2, -0.15) is 0 Å². The van der Waals surface area contributed by atoms with Crippen LogP contribution in [-0.4, -0.2) is 16.1 Å². The Kier molecular flexibility index (Phi) is 3.75. The average Bonchev–Trinajstić information content (AvgIpc) is 2.38. The van der Waals surface area contributed by atoms with Crippen LogP contribution in [0.5, 0.6) is 0 Å². The number of rotatable bonds is 3. The van der Waals surface area contributed by atoms with Crippen LogP contribution >= 0.6 is 11.6 Å². The van der Waals surface area contributed by atoms with E-state index in [1.807, 2.05) is 36.4 Å². The molecule has 1 aromatic carbocycles. The Morgan fingerprint density at radius 3 is 2.61 bits per heavy atom. The molecule has 0 aliphatic carbocycles. The van der Waals surface area contributed by atoms with Crippen molar-refractivity contribution >= 4 is 29.7 Å². The number of benzene rings is 1. The molecule has 2 rings (SSSR count). The van der Waals surface area contributed by atoms with Crippen molar-refractivity contribution in [3.05, 3.63) is 64.4 Å². The summed E-state index contributed by atoms with van der Waals surface area (Å²) < 4.78 is 0. The molecule has 90 valence electrons. The molecular weight excluding hydrogens is 250 g/mol. The van der Waals surface area contributed by atoms with Crippen LogP contribution in [0, 0.1) is 0 Å². The lowest BCUT2D eigenvalue weighted by Crippen LogP contribution is -2.01. The first-order chi connectivity index (χ1) is 8.66. The molecule has 0 radical (unpaired) electrons. The third-order valence-electron chi connectivity index (χ3n) is 2.35. The molecule has 0 unspecified atom stereocenters. The first kappa shape index (κ1) is 12.3. The molecule has 0 bridgehead atoms. The van der Waals surface area contributed by atoms with E-state index >= 15 is 0 Å². The third kappa shape index (κ3) is 2.96. The van der Waals surface area contributed by atoms with Crippen molar-refractivity contribution in [2.75, 3.05) is 0 Å². The van der Waals surface area contributed by atoms with Gasteiger partial charge in [0.25, 0.3) is 0 Å². The van der Waals surface area contributed by atoms with Gasteiger partial charge in [-0.05, 0) is 17.7 Å². The minimum absolute atomic E-state index is 0.0923. The lowest BCUT2D eigenvalue weighted by Gasteiger charge is -2.00. The number of carbonyl (C=O) groups is 1. The smallest absolute Gasteiger partial charge is 0.337 e. The first-order valence-electron chi connectivity index (χ1n) is 5.29. The Balaban J connectivity index is 2.35. The monoisotopic (exact) mass is 259 g/mol. The summed E-state index contributed by atoms with van der Waals surface area (Å²) >= 11 is 5.73. The van der Waals surface area contributed by atoms with Crippen molar-refractivity contribution < 1.29 is 9.90 Å². The number of hydrogen-bond donors (Lipinski definition) is 1. The summed E-state index contributed by atoms with van der Waals surface area (Å²) in [7, 11) is 0. The standard InChI is InChI=1S/C14H10ClNO2/c15-11-8-12(14(17)18)13(16-9-11)7-6-10-4-2-1-3-5-10/h1-9H,(H,17,18). The molecule has 0 fully saturated rings. The second kappa shape index (κ2) is 5.47.